The van der Waals surface area contributed by atoms with Crippen molar-refractivity contribution in [3.63, 3.8) is 0 Å². The molecule has 1 aromatic rings. The number of nitrogens with two attached hydrogens (primary N) is 1. The second-order valence-electron chi connectivity index (χ2n) is 3.66. The number of rotatable bonds is 4. The second kappa shape index (κ2) is 6.10. The van der Waals surface area contributed by atoms with Gasteiger partial charge < -0.3 is 11.1 Å². The first kappa shape index (κ1) is 13.2. The highest BCUT2D eigenvalue weighted by Crippen LogP contribution is 2.28. The molecular weight excluding hydrogens is 274 g/mol. The lowest BCUT2D eigenvalue weighted by Crippen LogP contribution is -2.24. The van der Waals surface area contributed by atoms with Crippen LogP contribution >= 0.6 is 23.5 Å². The van der Waals surface area contributed by atoms with Gasteiger partial charge in [-0.15, -0.1) is 0 Å². The number of hydrogen-bond donors (Lipinski definition) is 2. The van der Waals surface area contributed by atoms with Crippen molar-refractivity contribution in [3.05, 3.63) is 16.4 Å². The van der Waals surface area contributed by atoms with Crippen molar-refractivity contribution >= 4 is 40.8 Å². The van der Waals surface area contributed by atoms with Gasteiger partial charge in [-0.2, -0.15) is 23.5 Å². The highest BCUT2D eigenvalue weighted by atomic mass is 32.2. The predicted octanol–water partition coefficient (Wildman–Crippen LogP) is 1.23. The van der Waals surface area contributed by atoms with Crippen molar-refractivity contribution in [2.45, 2.75) is 5.25 Å². The standard InChI is InChI=1S/C9H13N5O2S2/c10-8-7(14(15)16)9(13-5-12-8)11-3-6-4-17-1-2-18-6/h5-6H,1-4H2,(H3,10,11,12,13). The second-order valence-corrected chi connectivity index (χ2v) is 6.22. The summed E-state index contributed by atoms with van der Waals surface area (Å²) in [5, 5.41) is 14.3. The largest absolute Gasteiger partial charge is 0.378 e. The monoisotopic (exact) mass is 287 g/mol. The molecule has 0 aliphatic carbocycles. The van der Waals surface area contributed by atoms with Gasteiger partial charge in [-0.1, -0.05) is 0 Å². The Balaban J connectivity index is 2.04. The van der Waals surface area contributed by atoms with E-state index in [0.29, 0.717) is 11.8 Å². The first-order valence-electron chi connectivity index (χ1n) is 5.36. The van der Waals surface area contributed by atoms with E-state index in [1.54, 1.807) is 0 Å². The third-order valence-electron chi connectivity index (χ3n) is 2.42. The summed E-state index contributed by atoms with van der Waals surface area (Å²) in [7, 11) is 0. The Hall–Kier alpha value is -1.22. The van der Waals surface area contributed by atoms with Gasteiger partial charge in [0.05, 0.1) is 4.92 Å². The molecule has 1 aromatic heterocycles. The molecule has 7 nitrogen and oxygen atoms in total. The molecule has 9 heteroatoms. The van der Waals surface area contributed by atoms with Crippen LogP contribution in [0.2, 0.25) is 0 Å². The Bertz CT molecular complexity index is 439. The number of thioether (sulfide) groups is 2. The molecule has 2 rings (SSSR count). The SMILES string of the molecule is Nc1ncnc(NCC2CSCCS2)c1[N+](=O)[O-]. The van der Waals surface area contributed by atoms with E-state index in [4.69, 9.17) is 5.73 Å². The zero-order chi connectivity index (χ0) is 13.0. The van der Waals surface area contributed by atoms with Gasteiger partial charge in [-0.05, 0) is 0 Å². The third kappa shape index (κ3) is 3.16. The quantitative estimate of drug-likeness (QED) is 0.629. The fraction of sp³-hybridized carbons (Fsp3) is 0.556. The van der Waals surface area contributed by atoms with Gasteiger partial charge in [0, 0.05) is 29.1 Å². The normalized spacial score (nSPS) is 19.4. The molecule has 1 saturated heterocycles. The number of nitro groups is 1. The van der Waals surface area contributed by atoms with Gasteiger partial charge in [0.15, 0.2) is 0 Å². The van der Waals surface area contributed by atoms with E-state index in [-0.39, 0.29) is 17.3 Å². The fourth-order valence-electron chi connectivity index (χ4n) is 1.57. The van der Waals surface area contributed by atoms with Gasteiger partial charge in [-0.25, -0.2) is 9.97 Å². The van der Waals surface area contributed by atoms with Gasteiger partial charge in [-0.3, -0.25) is 10.1 Å². The molecule has 3 N–H and O–H groups in total. The van der Waals surface area contributed by atoms with Crippen LogP contribution in [-0.4, -0.2) is 43.9 Å². The average Bonchev–Trinajstić information content (AvgIpc) is 2.37. The first-order chi connectivity index (χ1) is 8.68. The lowest BCUT2D eigenvalue weighted by molar-refractivity contribution is -0.383. The Morgan fingerprint density at radius 3 is 3.06 bits per heavy atom. The van der Waals surface area contributed by atoms with E-state index in [9.17, 15) is 10.1 Å². The Morgan fingerprint density at radius 2 is 2.39 bits per heavy atom. The molecule has 18 heavy (non-hydrogen) atoms. The molecule has 1 aliphatic rings. The summed E-state index contributed by atoms with van der Waals surface area (Å²) in [5.41, 5.74) is 5.24. The minimum atomic E-state index is -0.555. The third-order valence-corrected chi connectivity index (χ3v) is 5.26. The maximum Gasteiger partial charge on any atom is 0.352 e. The molecule has 0 spiro atoms. The molecule has 1 atom stereocenters. The van der Waals surface area contributed by atoms with Crippen molar-refractivity contribution < 1.29 is 4.92 Å². The Morgan fingerprint density at radius 1 is 1.56 bits per heavy atom. The smallest absolute Gasteiger partial charge is 0.352 e. The van der Waals surface area contributed by atoms with E-state index >= 15 is 0 Å². The summed E-state index contributed by atoms with van der Waals surface area (Å²) in [6, 6.07) is 0. The van der Waals surface area contributed by atoms with Gasteiger partial charge >= 0.3 is 5.69 Å². The zero-order valence-corrected chi connectivity index (χ0v) is 11.2. The molecule has 1 unspecified atom stereocenters. The molecule has 0 amide bonds. The number of aromatic nitrogens is 2. The lowest BCUT2D eigenvalue weighted by atomic mass is 10.4. The number of hydrogen-bond acceptors (Lipinski definition) is 8. The Kier molecular flexibility index (Phi) is 4.48. The molecule has 0 saturated carbocycles. The van der Waals surface area contributed by atoms with Crippen LogP contribution in [0.25, 0.3) is 0 Å². The van der Waals surface area contributed by atoms with E-state index in [1.807, 2.05) is 23.5 Å². The number of nitrogens with zero attached hydrogens (tertiary/aromatic N) is 3. The summed E-state index contributed by atoms with van der Waals surface area (Å²) < 4.78 is 0. The minimum Gasteiger partial charge on any atom is -0.378 e. The van der Waals surface area contributed by atoms with Gasteiger partial charge in [0.2, 0.25) is 11.6 Å². The first-order valence-corrected chi connectivity index (χ1v) is 7.57. The average molecular weight is 287 g/mol. The van der Waals surface area contributed by atoms with Crippen LogP contribution in [0.1, 0.15) is 0 Å². The van der Waals surface area contributed by atoms with Gasteiger partial charge in [0.25, 0.3) is 0 Å². The van der Waals surface area contributed by atoms with Crippen molar-refractivity contribution in [2.75, 3.05) is 34.9 Å². The number of nitrogens with one attached hydrogen (secondary N) is 1. The zero-order valence-electron chi connectivity index (χ0n) is 9.54. The van der Waals surface area contributed by atoms with Crippen LogP contribution in [0.4, 0.5) is 17.3 Å². The maximum atomic E-state index is 10.9. The lowest BCUT2D eigenvalue weighted by Gasteiger charge is -2.21. The number of anilines is 2. The summed E-state index contributed by atoms with van der Waals surface area (Å²) in [4.78, 5) is 17.9. The molecule has 2 heterocycles. The number of nitrogen functional groups attached to an aromatic ring is 1. The van der Waals surface area contributed by atoms with E-state index in [0.717, 1.165) is 11.5 Å². The molecule has 0 bridgehead atoms. The molecule has 0 radical (unpaired) electrons. The highest BCUT2D eigenvalue weighted by molar-refractivity contribution is 8.06. The van der Waals surface area contributed by atoms with Crippen LogP contribution in [-0.2, 0) is 0 Å². The van der Waals surface area contributed by atoms with E-state index in [1.165, 1.54) is 12.1 Å². The van der Waals surface area contributed by atoms with Crippen molar-refractivity contribution in [1.82, 2.24) is 9.97 Å². The van der Waals surface area contributed by atoms with Crippen molar-refractivity contribution in [3.8, 4) is 0 Å². The molecule has 1 fully saturated rings. The van der Waals surface area contributed by atoms with Gasteiger partial charge in [0.1, 0.15) is 6.33 Å². The van der Waals surface area contributed by atoms with Crippen LogP contribution in [0.3, 0.4) is 0 Å². The highest BCUT2D eigenvalue weighted by Gasteiger charge is 2.22. The van der Waals surface area contributed by atoms with Crippen LogP contribution in [0.5, 0.6) is 0 Å². The Labute approximate surface area is 112 Å². The van der Waals surface area contributed by atoms with E-state index in [2.05, 4.69) is 15.3 Å². The fourth-order valence-corrected chi connectivity index (χ4v) is 4.18. The molecular formula is C9H13N5O2S2. The summed E-state index contributed by atoms with van der Waals surface area (Å²) in [6.45, 7) is 0.648. The molecule has 98 valence electrons. The van der Waals surface area contributed by atoms with Crippen molar-refractivity contribution in [1.29, 1.82) is 0 Å². The summed E-state index contributed by atoms with van der Waals surface area (Å²) in [6.07, 6.45) is 1.23. The maximum absolute atomic E-state index is 10.9. The summed E-state index contributed by atoms with van der Waals surface area (Å²) in [5.74, 6) is 3.42. The topological polar surface area (TPSA) is 107 Å². The minimum absolute atomic E-state index is 0.108. The molecule has 0 aromatic carbocycles. The summed E-state index contributed by atoms with van der Waals surface area (Å²) >= 11 is 3.77. The van der Waals surface area contributed by atoms with Crippen LogP contribution in [0, 0.1) is 10.1 Å². The van der Waals surface area contributed by atoms with E-state index < -0.39 is 4.92 Å². The predicted molar refractivity (Wildman–Crippen MR) is 75.2 cm³/mol. The van der Waals surface area contributed by atoms with Crippen molar-refractivity contribution in [2.24, 2.45) is 0 Å². The van der Waals surface area contributed by atoms with Crippen LogP contribution in [0.15, 0.2) is 6.33 Å². The van der Waals surface area contributed by atoms with Crippen LogP contribution < -0.4 is 11.1 Å². The molecule has 1 aliphatic heterocycles.